The molecular weight excluding hydrogens is 150 g/mol. The first-order valence-corrected chi connectivity index (χ1v) is 4.50. The minimum absolute atomic E-state index is 0.406. The van der Waals surface area contributed by atoms with Gasteiger partial charge < -0.3 is 10.1 Å². The van der Waals surface area contributed by atoms with E-state index in [1.165, 1.54) is 0 Å². The standard InChI is InChI=1S/C10H17NO/c1-4-5-10(11-3)9-6-8(2)12-7-9/h1,8-11H,5-7H2,2-3H3. The van der Waals surface area contributed by atoms with Crippen LogP contribution in [0.3, 0.4) is 0 Å². The molecule has 0 spiro atoms. The van der Waals surface area contributed by atoms with Crippen LogP contribution >= 0.6 is 0 Å². The highest BCUT2D eigenvalue weighted by atomic mass is 16.5. The molecule has 0 radical (unpaired) electrons. The molecule has 68 valence electrons. The number of hydrogen-bond donors (Lipinski definition) is 1. The Hall–Kier alpha value is -0.520. The Kier molecular flexibility index (Phi) is 3.58. The average molecular weight is 167 g/mol. The van der Waals surface area contributed by atoms with Gasteiger partial charge in [-0.15, -0.1) is 12.3 Å². The van der Waals surface area contributed by atoms with Crippen molar-refractivity contribution in [2.45, 2.75) is 31.9 Å². The fraction of sp³-hybridized carbons (Fsp3) is 0.800. The molecule has 0 bridgehead atoms. The van der Waals surface area contributed by atoms with Crippen LogP contribution in [-0.4, -0.2) is 25.8 Å². The first kappa shape index (κ1) is 9.57. The van der Waals surface area contributed by atoms with Gasteiger partial charge in [-0.1, -0.05) is 0 Å². The molecule has 1 aliphatic rings. The maximum atomic E-state index is 5.49. The van der Waals surface area contributed by atoms with Crippen LogP contribution in [0, 0.1) is 18.3 Å². The van der Waals surface area contributed by atoms with E-state index in [9.17, 15) is 0 Å². The minimum Gasteiger partial charge on any atom is -0.378 e. The summed E-state index contributed by atoms with van der Waals surface area (Å²) in [4.78, 5) is 0. The van der Waals surface area contributed by atoms with Gasteiger partial charge in [0.25, 0.3) is 0 Å². The van der Waals surface area contributed by atoms with E-state index in [1.807, 2.05) is 7.05 Å². The van der Waals surface area contributed by atoms with Gasteiger partial charge in [0, 0.05) is 18.4 Å². The second-order valence-electron chi connectivity index (χ2n) is 3.44. The zero-order chi connectivity index (χ0) is 8.97. The summed E-state index contributed by atoms with van der Waals surface area (Å²) in [5.41, 5.74) is 0. The van der Waals surface area contributed by atoms with Crippen LogP contribution in [0.5, 0.6) is 0 Å². The zero-order valence-corrected chi connectivity index (χ0v) is 7.84. The summed E-state index contributed by atoms with van der Waals surface area (Å²) in [7, 11) is 1.96. The quantitative estimate of drug-likeness (QED) is 0.634. The lowest BCUT2D eigenvalue weighted by atomic mass is 9.95. The number of nitrogens with one attached hydrogen (secondary N) is 1. The van der Waals surface area contributed by atoms with Crippen molar-refractivity contribution in [2.75, 3.05) is 13.7 Å². The van der Waals surface area contributed by atoms with E-state index in [0.717, 1.165) is 19.4 Å². The molecule has 1 fully saturated rings. The lowest BCUT2D eigenvalue weighted by molar-refractivity contribution is 0.117. The number of terminal acetylenes is 1. The van der Waals surface area contributed by atoms with Crippen molar-refractivity contribution >= 4 is 0 Å². The Labute approximate surface area is 74.7 Å². The molecule has 0 aromatic heterocycles. The fourth-order valence-corrected chi connectivity index (χ4v) is 1.76. The van der Waals surface area contributed by atoms with E-state index in [0.29, 0.717) is 18.1 Å². The first-order valence-electron chi connectivity index (χ1n) is 4.50. The van der Waals surface area contributed by atoms with E-state index in [2.05, 4.69) is 18.2 Å². The van der Waals surface area contributed by atoms with Gasteiger partial charge in [-0.3, -0.25) is 0 Å². The van der Waals surface area contributed by atoms with Crippen molar-refractivity contribution in [1.82, 2.24) is 5.32 Å². The Morgan fingerprint density at radius 3 is 2.92 bits per heavy atom. The maximum Gasteiger partial charge on any atom is 0.0551 e. The number of rotatable bonds is 3. The molecule has 12 heavy (non-hydrogen) atoms. The molecule has 1 N–H and O–H groups in total. The highest BCUT2D eigenvalue weighted by Gasteiger charge is 2.27. The number of ether oxygens (including phenoxy) is 1. The summed E-state index contributed by atoms with van der Waals surface area (Å²) in [5.74, 6) is 3.29. The van der Waals surface area contributed by atoms with Gasteiger partial charge >= 0.3 is 0 Å². The second kappa shape index (κ2) is 4.49. The third-order valence-electron chi connectivity index (χ3n) is 2.51. The molecule has 2 nitrogen and oxygen atoms in total. The zero-order valence-electron chi connectivity index (χ0n) is 7.84. The SMILES string of the molecule is C#CCC(NC)C1COC(C)C1. The van der Waals surface area contributed by atoms with Crippen molar-refractivity contribution in [3.05, 3.63) is 0 Å². The first-order chi connectivity index (χ1) is 5.77. The molecule has 2 heteroatoms. The smallest absolute Gasteiger partial charge is 0.0551 e. The summed E-state index contributed by atoms with van der Waals surface area (Å²) >= 11 is 0. The highest BCUT2D eigenvalue weighted by Crippen LogP contribution is 2.23. The van der Waals surface area contributed by atoms with Crippen molar-refractivity contribution < 1.29 is 4.74 Å². The van der Waals surface area contributed by atoms with Crippen LogP contribution < -0.4 is 5.32 Å². The van der Waals surface area contributed by atoms with Crippen LogP contribution in [-0.2, 0) is 4.74 Å². The van der Waals surface area contributed by atoms with Crippen LogP contribution in [0.2, 0.25) is 0 Å². The van der Waals surface area contributed by atoms with E-state index in [-0.39, 0.29) is 0 Å². The molecule has 3 atom stereocenters. The summed E-state index contributed by atoms with van der Waals surface area (Å²) in [6.45, 7) is 2.97. The predicted molar refractivity (Wildman–Crippen MR) is 49.8 cm³/mol. The van der Waals surface area contributed by atoms with Gasteiger partial charge in [0.05, 0.1) is 12.7 Å². The predicted octanol–water partition coefficient (Wildman–Crippen LogP) is 1.02. The Morgan fingerprint density at radius 2 is 2.50 bits per heavy atom. The van der Waals surface area contributed by atoms with Crippen molar-refractivity contribution in [1.29, 1.82) is 0 Å². The van der Waals surface area contributed by atoms with Gasteiger partial charge in [0.2, 0.25) is 0 Å². The summed E-state index contributed by atoms with van der Waals surface area (Å²) in [6, 6.07) is 0.431. The average Bonchev–Trinajstić information content (AvgIpc) is 2.47. The van der Waals surface area contributed by atoms with Crippen LogP contribution in [0.25, 0.3) is 0 Å². The Bertz CT molecular complexity index is 173. The van der Waals surface area contributed by atoms with E-state index in [1.54, 1.807) is 0 Å². The maximum absolute atomic E-state index is 5.49. The van der Waals surface area contributed by atoms with E-state index in [4.69, 9.17) is 11.2 Å². The molecule has 0 amide bonds. The summed E-state index contributed by atoms with van der Waals surface area (Å²) in [5, 5.41) is 3.24. The minimum atomic E-state index is 0.406. The van der Waals surface area contributed by atoms with Gasteiger partial charge in [-0.2, -0.15) is 0 Å². The Morgan fingerprint density at radius 1 is 1.75 bits per heavy atom. The molecule has 0 aromatic rings. The fourth-order valence-electron chi connectivity index (χ4n) is 1.76. The molecule has 1 aliphatic heterocycles. The van der Waals surface area contributed by atoms with Crippen molar-refractivity contribution in [3.63, 3.8) is 0 Å². The normalized spacial score (nSPS) is 31.4. The Balaban J connectivity index is 2.39. The summed E-state index contributed by atoms with van der Waals surface area (Å²) in [6.07, 6.45) is 7.62. The summed E-state index contributed by atoms with van der Waals surface area (Å²) < 4.78 is 5.49. The lowest BCUT2D eigenvalue weighted by Gasteiger charge is -2.19. The largest absolute Gasteiger partial charge is 0.378 e. The molecule has 0 aliphatic carbocycles. The molecule has 1 heterocycles. The highest BCUT2D eigenvalue weighted by molar-refractivity contribution is 4.93. The van der Waals surface area contributed by atoms with Gasteiger partial charge in [0.1, 0.15) is 0 Å². The lowest BCUT2D eigenvalue weighted by Crippen LogP contribution is -2.33. The van der Waals surface area contributed by atoms with Crippen LogP contribution in [0.1, 0.15) is 19.8 Å². The van der Waals surface area contributed by atoms with Crippen molar-refractivity contribution in [2.24, 2.45) is 5.92 Å². The van der Waals surface area contributed by atoms with Crippen molar-refractivity contribution in [3.8, 4) is 12.3 Å². The molecule has 0 saturated carbocycles. The van der Waals surface area contributed by atoms with Crippen LogP contribution in [0.4, 0.5) is 0 Å². The number of hydrogen-bond acceptors (Lipinski definition) is 2. The molecular formula is C10H17NO. The molecule has 1 rings (SSSR count). The van der Waals surface area contributed by atoms with Gasteiger partial charge in [-0.25, -0.2) is 0 Å². The molecule has 3 unspecified atom stereocenters. The third-order valence-corrected chi connectivity index (χ3v) is 2.51. The molecule has 0 aromatic carbocycles. The van der Waals surface area contributed by atoms with E-state index >= 15 is 0 Å². The van der Waals surface area contributed by atoms with Crippen LogP contribution in [0.15, 0.2) is 0 Å². The molecule has 1 saturated heterocycles. The second-order valence-corrected chi connectivity index (χ2v) is 3.44. The third kappa shape index (κ3) is 2.23. The van der Waals surface area contributed by atoms with Gasteiger partial charge in [-0.05, 0) is 20.4 Å². The van der Waals surface area contributed by atoms with Gasteiger partial charge in [0.15, 0.2) is 0 Å². The van der Waals surface area contributed by atoms with E-state index < -0.39 is 0 Å². The monoisotopic (exact) mass is 167 g/mol. The topological polar surface area (TPSA) is 21.3 Å².